The fraction of sp³-hybridized carbons (Fsp3) is 0.444. The van der Waals surface area contributed by atoms with Gasteiger partial charge in [-0.3, -0.25) is 14.4 Å². The second kappa shape index (κ2) is 7.46. The first kappa shape index (κ1) is 17.1. The van der Waals surface area contributed by atoms with Crippen molar-refractivity contribution in [2.75, 3.05) is 6.54 Å². The van der Waals surface area contributed by atoms with E-state index in [1.165, 1.54) is 4.68 Å². The lowest BCUT2D eigenvalue weighted by Crippen LogP contribution is -2.37. The van der Waals surface area contributed by atoms with Gasteiger partial charge in [-0.05, 0) is 37.7 Å². The Bertz CT molecular complexity index is 838. The maximum absolute atomic E-state index is 12.3. The van der Waals surface area contributed by atoms with E-state index in [0.717, 1.165) is 18.2 Å². The first-order valence-corrected chi connectivity index (χ1v) is 8.49. The highest BCUT2D eigenvalue weighted by atomic mass is 16.4. The molecule has 132 valence electrons. The molecule has 0 saturated heterocycles. The summed E-state index contributed by atoms with van der Waals surface area (Å²) in [6.07, 6.45) is 4.48. The van der Waals surface area contributed by atoms with Crippen LogP contribution in [0, 0.1) is 11.8 Å². The van der Waals surface area contributed by atoms with Crippen molar-refractivity contribution in [2.24, 2.45) is 11.8 Å². The third-order valence-corrected chi connectivity index (χ3v) is 4.84. The van der Waals surface area contributed by atoms with E-state index >= 15 is 0 Å². The molecule has 7 heteroatoms. The number of carboxylic acids is 1. The Morgan fingerprint density at radius 1 is 1.20 bits per heavy atom. The van der Waals surface area contributed by atoms with Gasteiger partial charge in [-0.2, -0.15) is 5.10 Å². The largest absolute Gasteiger partial charge is 0.481 e. The van der Waals surface area contributed by atoms with Crippen LogP contribution in [0.2, 0.25) is 0 Å². The zero-order valence-electron chi connectivity index (χ0n) is 13.9. The summed E-state index contributed by atoms with van der Waals surface area (Å²) in [5.41, 5.74) is -0.282. The number of hydrogen-bond donors (Lipinski definition) is 2. The van der Waals surface area contributed by atoms with Gasteiger partial charge in [0.2, 0.25) is 5.91 Å². The molecule has 0 aliphatic heterocycles. The Labute approximate surface area is 144 Å². The van der Waals surface area contributed by atoms with Crippen molar-refractivity contribution in [3.63, 3.8) is 0 Å². The minimum absolute atomic E-state index is 0.117. The first-order chi connectivity index (χ1) is 12.0. The SMILES string of the molecule is O=C(Cn1ncc2ccccc2c1=O)NCC1CCC(C(=O)O)CC1. The molecule has 0 bridgehead atoms. The Balaban J connectivity index is 1.54. The number of aromatic nitrogens is 2. The summed E-state index contributed by atoms with van der Waals surface area (Å²) in [5, 5.41) is 17.2. The highest BCUT2D eigenvalue weighted by Crippen LogP contribution is 2.28. The summed E-state index contributed by atoms with van der Waals surface area (Å²) in [6.45, 7) is 0.391. The molecule has 3 rings (SSSR count). The van der Waals surface area contributed by atoms with Crippen LogP contribution >= 0.6 is 0 Å². The Morgan fingerprint density at radius 3 is 2.64 bits per heavy atom. The van der Waals surface area contributed by atoms with Crippen molar-refractivity contribution in [3.8, 4) is 0 Å². The molecule has 0 unspecified atom stereocenters. The van der Waals surface area contributed by atoms with E-state index < -0.39 is 5.97 Å². The van der Waals surface area contributed by atoms with Gasteiger partial charge in [0.1, 0.15) is 6.54 Å². The van der Waals surface area contributed by atoms with E-state index in [4.69, 9.17) is 5.11 Å². The number of nitrogens with one attached hydrogen (secondary N) is 1. The van der Waals surface area contributed by atoms with Crippen LogP contribution in [0.4, 0.5) is 0 Å². The van der Waals surface area contributed by atoms with E-state index in [0.29, 0.717) is 30.7 Å². The number of rotatable bonds is 5. The monoisotopic (exact) mass is 343 g/mol. The molecule has 25 heavy (non-hydrogen) atoms. The zero-order chi connectivity index (χ0) is 17.8. The fourth-order valence-corrected chi connectivity index (χ4v) is 3.30. The summed E-state index contributed by atoms with van der Waals surface area (Å²) in [6, 6.07) is 7.14. The number of carboxylic acid groups (broad SMARTS) is 1. The summed E-state index contributed by atoms with van der Waals surface area (Å²) < 4.78 is 1.17. The van der Waals surface area contributed by atoms with E-state index in [1.54, 1.807) is 18.3 Å². The topological polar surface area (TPSA) is 101 Å². The van der Waals surface area contributed by atoms with Crippen LogP contribution in [0.25, 0.3) is 10.8 Å². The van der Waals surface area contributed by atoms with Crippen molar-refractivity contribution >= 4 is 22.6 Å². The van der Waals surface area contributed by atoms with Crippen molar-refractivity contribution in [3.05, 3.63) is 40.8 Å². The number of benzene rings is 1. The fourth-order valence-electron chi connectivity index (χ4n) is 3.30. The van der Waals surface area contributed by atoms with Gasteiger partial charge in [-0.25, -0.2) is 4.68 Å². The number of carbonyl (C=O) groups excluding carboxylic acids is 1. The zero-order valence-corrected chi connectivity index (χ0v) is 13.9. The predicted molar refractivity (Wildman–Crippen MR) is 92.1 cm³/mol. The van der Waals surface area contributed by atoms with Crippen molar-refractivity contribution < 1.29 is 14.7 Å². The van der Waals surface area contributed by atoms with E-state index in [-0.39, 0.29) is 23.9 Å². The van der Waals surface area contributed by atoms with Crippen molar-refractivity contribution in [2.45, 2.75) is 32.2 Å². The van der Waals surface area contributed by atoms with Gasteiger partial charge in [-0.1, -0.05) is 18.2 Å². The van der Waals surface area contributed by atoms with Gasteiger partial charge in [0.15, 0.2) is 0 Å². The molecule has 2 N–H and O–H groups in total. The maximum atomic E-state index is 12.3. The van der Waals surface area contributed by atoms with Gasteiger partial charge >= 0.3 is 5.97 Å². The number of hydrogen-bond acceptors (Lipinski definition) is 4. The Hall–Kier alpha value is -2.70. The van der Waals surface area contributed by atoms with Gasteiger partial charge in [0.25, 0.3) is 5.56 Å². The lowest BCUT2D eigenvalue weighted by atomic mass is 9.82. The predicted octanol–water partition coefficient (Wildman–Crippen LogP) is 1.40. The Morgan fingerprint density at radius 2 is 1.92 bits per heavy atom. The highest BCUT2D eigenvalue weighted by molar-refractivity contribution is 5.81. The van der Waals surface area contributed by atoms with Crippen molar-refractivity contribution in [1.29, 1.82) is 0 Å². The molecule has 0 radical (unpaired) electrons. The smallest absolute Gasteiger partial charge is 0.306 e. The molecule has 7 nitrogen and oxygen atoms in total. The summed E-state index contributed by atoms with van der Waals surface area (Å²) in [5.74, 6) is -0.956. The van der Waals surface area contributed by atoms with Gasteiger partial charge in [0, 0.05) is 11.9 Å². The third kappa shape index (κ3) is 4.04. The van der Waals surface area contributed by atoms with Crippen LogP contribution in [0.15, 0.2) is 35.3 Å². The molecule has 1 heterocycles. The quantitative estimate of drug-likeness (QED) is 0.854. The van der Waals surface area contributed by atoms with Crippen LogP contribution in [0.3, 0.4) is 0 Å². The molecule has 1 aliphatic carbocycles. The summed E-state index contributed by atoms with van der Waals surface area (Å²) in [4.78, 5) is 35.4. The van der Waals surface area contributed by atoms with E-state index in [1.807, 2.05) is 12.1 Å². The molecule has 0 spiro atoms. The number of nitrogens with zero attached hydrogens (tertiary/aromatic N) is 2. The van der Waals surface area contributed by atoms with Gasteiger partial charge < -0.3 is 10.4 Å². The highest BCUT2D eigenvalue weighted by Gasteiger charge is 2.26. The number of aliphatic carboxylic acids is 1. The average molecular weight is 343 g/mol. The standard InChI is InChI=1S/C18H21N3O4/c22-16(19-9-12-5-7-13(8-6-12)18(24)25)11-21-17(23)15-4-2-1-3-14(15)10-20-21/h1-4,10,12-13H,5-9,11H2,(H,19,22)(H,24,25). The third-order valence-electron chi connectivity index (χ3n) is 4.84. The summed E-state index contributed by atoms with van der Waals surface area (Å²) >= 11 is 0. The first-order valence-electron chi connectivity index (χ1n) is 8.49. The molecule has 1 saturated carbocycles. The lowest BCUT2D eigenvalue weighted by molar-refractivity contribution is -0.143. The number of fused-ring (bicyclic) bond motifs is 1. The second-order valence-electron chi connectivity index (χ2n) is 6.55. The molecule has 1 aliphatic rings. The van der Waals surface area contributed by atoms with Crippen LogP contribution in [0.5, 0.6) is 0 Å². The molecule has 1 fully saturated rings. The molecule has 0 atom stereocenters. The average Bonchev–Trinajstić information content (AvgIpc) is 2.63. The van der Waals surface area contributed by atoms with Crippen LogP contribution in [0.1, 0.15) is 25.7 Å². The molecule has 1 aromatic heterocycles. The lowest BCUT2D eigenvalue weighted by Gasteiger charge is -2.26. The number of carbonyl (C=O) groups is 2. The molecule has 1 aromatic carbocycles. The van der Waals surface area contributed by atoms with Crippen molar-refractivity contribution in [1.82, 2.24) is 15.1 Å². The van der Waals surface area contributed by atoms with E-state index in [2.05, 4.69) is 10.4 Å². The molecule has 2 aromatic rings. The minimum atomic E-state index is -0.732. The van der Waals surface area contributed by atoms with Crippen LogP contribution in [-0.2, 0) is 16.1 Å². The Kier molecular flexibility index (Phi) is 5.11. The number of amides is 1. The molecular formula is C18H21N3O4. The van der Waals surface area contributed by atoms with Crippen LogP contribution < -0.4 is 10.9 Å². The maximum Gasteiger partial charge on any atom is 0.306 e. The van der Waals surface area contributed by atoms with Gasteiger partial charge in [-0.15, -0.1) is 0 Å². The normalized spacial score (nSPS) is 20.3. The molecular weight excluding hydrogens is 322 g/mol. The van der Waals surface area contributed by atoms with E-state index in [9.17, 15) is 14.4 Å². The van der Waals surface area contributed by atoms with Gasteiger partial charge in [0.05, 0.1) is 17.5 Å². The summed E-state index contributed by atoms with van der Waals surface area (Å²) in [7, 11) is 0. The minimum Gasteiger partial charge on any atom is -0.481 e. The molecule has 1 amide bonds. The van der Waals surface area contributed by atoms with Crippen LogP contribution in [-0.4, -0.2) is 33.3 Å². The second-order valence-corrected chi connectivity index (χ2v) is 6.55.